The fourth-order valence-electron chi connectivity index (χ4n) is 2.11. The molecular formula is C18H21N3O4S. The zero-order valence-electron chi connectivity index (χ0n) is 14.8. The van der Waals surface area contributed by atoms with Crippen LogP contribution in [0.2, 0.25) is 0 Å². The summed E-state index contributed by atoms with van der Waals surface area (Å²) in [6, 6.07) is 5.81. The van der Waals surface area contributed by atoms with Crippen LogP contribution in [0.3, 0.4) is 0 Å². The molecule has 0 aliphatic heterocycles. The van der Waals surface area contributed by atoms with Crippen molar-refractivity contribution in [2.24, 2.45) is 0 Å². The van der Waals surface area contributed by atoms with Crippen LogP contribution in [0.1, 0.15) is 36.7 Å². The van der Waals surface area contributed by atoms with Gasteiger partial charge in [-0.3, -0.25) is 9.78 Å². The largest absolute Gasteiger partial charge is 0.623 e. The number of benzene rings is 1. The van der Waals surface area contributed by atoms with Crippen molar-refractivity contribution in [1.29, 1.82) is 0 Å². The third kappa shape index (κ3) is 4.72. The Hall–Kier alpha value is -2.61. The van der Waals surface area contributed by atoms with Gasteiger partial charge in [0.15, 0.2) is 11.8 Å². The van der Waals surface area contributed by atoms with Gasteiger partial charge in [0.05, 0.1) is 11.1 Å². The van der Waals surface area contributed by atoms with Gasteiger partial charge in [-0.1, -0.05) is 0 Å². The van der Waals surface area contributed by atoms with E-state index in [1.54, 1.807) is 24.3 Å². The Bertz CT molecular complexity index is 874. The summed E-state index contributed by atoms with van der Waals surface area (Å²) in [5.41, 5.74) is 1.02. The Kier molecular flexibility index (Phi) is 5.86. The number of carboxylic acid groups (broad SMARTS) is 1. The second-order valence-electron chi connectivity index (χ2n) is 6.85. The maximum Gasteiger partial charge on any atom is 0.327 e. The highest BCUT2D eigenvalue weighted by atomic mass is 32.1. The van der Waals surface area contributed by atoms with E-state index in [0.717, 1.165) is 4.74 Å². The summed E-state index contributed by atoms with van der Waals surface area (Å²) in [4.78, 5) is 27.5. The molecule has 0 aliphatic rings. The van der Waals surface area contributed by atoms with Crippen LogP contribution >= 0.6 is 12.6 Å². The lowest BCUT2D eigenvalue weighted by Crippen LogP contribution is -2.42. The molecule has 0 radical (unpaired) electrons. The highest BCUT2D eigenvalue weighted by Gasteiger charge is 2.20. The van der Waals surface area contributed by atoms with Crippen LogP contribution in [0.5, 0.6) is 0 Å². The van der Waals surface area contributed by atoms with Crippen LogP contribution in [0.25, 0.3) is 10.9 Å². The number of hydroxylamine groups is 1. The van der Waals surface area contributed by atoms with Crippen LogP contribution in [-0.2, 0) is 4.79 Å². The topological polar surface area (TPSA) is 105 Å². The van der Waals surface area contributed by atoms with Crippen molar-refractivity contribution in [3.63, 3.8) is 0 Å². The number of fused-ring (bicyclic) bond motifs is 1. The van der Waals surface area contributed by atoms with E-state index >= 15 is 0 Å². The monoisotopic (exact) mass is 375 g/mol. The smallest absolute Gasteiger partial charge is 0.327 e. The van der Waals surface area contributed by atoms with Crippen molar-refractivity contribution in [1.82, 2.24) is 10.3 Å². The lowest BCUT2D eigenvalue weighted by Gasteiger charge is -2.18. The molecule has 0 spiro atoms. The lowest BCUT2D eigenvalue weighted by molar-refractivity contribution is -0.530. The first-order valence-electron chi connectivity index (χ1n) is 7.97. The Balaban J connectivity index is 2.34. The van der Waals surface area contributed by atoms with Gasteiger partial charge in [-0.05, 0) is 24.3 Å². The standard InChI is InChI=1S/C18H21N3O4S/c1-18(2,3)21(25)9-11-4-5-14-12(6-11)7-13(8-19-14)16(22)20-15(10-26)17(23)24/h4-9,15,26H,10H2,1-3H3,(H,20,22)(H,23,24)/b21-9+. The number of aromatic nitrogens is 1. The first-order valence-corrected chi connectivity index (χ1v) is 8.61. The van der Waals surface area contributed by atoms with Crippen molar-refractivity contribution >= 4 is 41.6 Å². The normalized spacial score (nSPS) is 13.5. The molecule has 2 N–H and O–H groups in total. The molecule has 1 heterocycles. The lowest BCUT2D eigenvalue weighted by atomic mass is 10.1. The number of carbonyl (C=O) groups is 2. The molecule has 0 saturated carbocycles. The van der Waals surface area contributed by atoms with Crippen molar-refractivity contribution in [2.45, 2.75) is 32.4 Å². The van der Waals surface area contributed by atoms with Gasteiger partial charge in [0.25, 0.3) is 5.91 Å². The molecule has 0 saturated heterocycles. The first kappa shape index (κ1) is 19.7. The maximum atomic E-state index is 12.2. The van der Waals surface area contributed by atoms with E-state index in [1.807, 2.05) is 20.8 Å². The van der Waals surface area contributed by atoms with Crippen LogP contribution in [0.15, 0.2) is 30.5 Å². The predicted octanol–water partition coefficient (Wildman–Crippen LogP) is 2.08. The molecule has 1 amide bonds. The van der Waals surface area contributed by atoms with E-state index in [2.05, 4.69) is 22.9 Å². The van der Waals surface area contributed by atoms with E-state index in [0.29, 0.717) is 16.5 Å². The number of thiol groups is 1. The molecule has 1 atom stereocenters. The Morgan fingerprint density at radius 1 is 1.38 bits per heavy atom. The minimum Gasteiger partial charge on any atom is -0.623 e. The number of hydrogen-bond acceptors (Lipinski definition) is 5. The van der Waals surface area contributed by atoms with Gasteiger partial charge in [-0.25, -0.2) is 9.53 Å². The summed E-state index contributed by atoms with van der Waals surface area (Å²) in [6.07, 6.45) is 2.86. The average molecular weight is 375 g/mol. The van der Waals surface area contributed by atoms with E-state index in [4.69, 9.17) is 5.11 Å². The first-order chi connectivity index (χ1) is 12.1. The SMILES string of the molecule is CC(C)(C)/[N+]([O-])=C\c1ccc2ncc(C(=O)NC(CS)C(=O)O)cc2c1. The minimum atomic E-state index is -1.16. The van der Waals surface area contributed by atoms with Crippen LogP contribution in [0, 0.1) is 5.21 Å². The van der Waals surface area contributed by atoms with Gasteiger partial charge in [-0.2, -0.15) is 12.6 Å². The van der Waals surface area contributed by atoms with E-state index in [-0.39, 0.29) is 11.3 Å². The van der Waals surface area contributed by atoms with Gasteiger partial charge < -0.3 is 15.6 Å². The van der Waals surface area contributed by atoms with E-state index in [1.165, 1.54) is 12.4 Å². The van der Waals surface area contributed by atoms with Crippen molar-refractivity contribution < 1.29 is 19.4 Å². The summed E-state index contributed by atoms with van der Waals surface area (Å²) in [5.74, 6) is -1.72. The average Bonchev–Trinajstić information content (AvgIpc) is 2.57. The number of hydrogen-bond donors (Lipinski definition) is 3. The molecule has 1 aromatic carbocycles. The van der Waals surface area contributed by atoms with Crippen molar-refractivity contribution in [3.05, 3.63) is 46.8 Å². The predicted molar refractivity (Wildman–Crippen MR) is 103 cm³/mol. The number of nitrogens with zero attached hydrogens (tertiary/aromatic N) is 2. The molecule has 8 heteroatoms. The molecule has 26 heavy (non-hydrogen) atoms. The number of amides is 1. The molecule has 2 aromatic rings. The molecule has 0 bridgehead atoms. The highest BCUT2D eigenvalue weighted by Crippen LogP contribution is 2.16. The number of pyridine rings is 1. The second-order valence-corrected chi connectivity index (χ2v) is 7.21. The molecule has 2 rings (SSSR count). The van der Waals surface area contributed by atoms with E-state index < -0.39 is 23.5 Å². The zero-order chi connectivity index (χ0) is 19.5. The third-order valence-electron chi connectivity index (χ3n) is 3.68. The van der Waals surface area contributed by atoms with Gasteiger partial charge in [-0.15, -0.1) is 0 Å². The number of carboxylic acids is 1. The Labute approximate surface area is 156 Å². The van der Waals surface area contributed by atoms with Gasteiger partial charge in [0.2, 0.25) is 0 Å². The molecule has 1 unspecified atom stereocenters. The molecular weight excluding hydrogens is 354 g/mol. The highest BCUT2D eigenvalue weighted by molar-refractivity contribution is 7.80. The molecule has 138 valence electrons. The second kappa shape index (κ2) is 7.74. The number of aliphatic carboxylic acids is 1. The maximum absolute atomic E-state index is 12.2. The number of rotatable bonds is 5. The van der Waals surface area contributed by atoms with Crippen LogP contribution in [-0.4, -0.2) is 50.3 Å². The molecule has 0 fully saturated rings. The minimum absolute atomic E-state index is 0.0205. The Morgan fingerprint density at radius 3 is 2.65 bits per heavy atom. The summed E-state index contributed by atoms with van der Waals surface area (Å²) < 4.78 is 0.863. The van der Waals surface area contributed by atoms with Crippen LogP contribution < -0.4 is 5.32 Å². The molecule has 1 aromatic heterocycles. The van der Waals surface area contributed by atoms with Gasteiger partial charge in [0.1, 0.15) is 6.04 Å². The molecule has 0 aliphatic carbocycles. The van der Waals surface area contributed by atoms with Crippen LogP contribution in [0.4, 0.5) is 0 Å². The van der Waals surface area contributed by atoms with Gasteiger partial charge >= 0.3 is 5.97 Å². The van der Waals surface area contributed by atoms with E-state index in [9.17, 15) is 14.8 Å². The molecule has 7 nitrogen and oxygen atoms in total. The number of carbonyl (C=O) groups excluding carboxylic acids is 1. The fourth-order valence-corrected chi connectivity index (χ4v) is 2.36. The summed E-state index contributed by atoms with van der Waals surface area (Å²) in [7, 11) is 0. The zero-order valence-corrected chi connectivity index (χ0v) is 15.7. The third-order valence-corrected chi connectivity index (χ3v) is 4.05. The van der Waals surface area contributed by atoms with Crippen molar-refractivity contribution in [3.8, 4) is 0 Å². The fraction of sp³-hybridized carbons (Fsp3) is 0.333. The Morgan fingerprint density at radius 2 is 2.08 bits per heavy atom. The summed E-state index contributed by atoms with van der Waals surface area (Å²) >= 11 is 3.92. The van der Waals surface area contributed by atoms with Gasteiger partial charge in [0, 0.05) is 43.7 Å². The van der Waals surface area contributed by atoms with Crippen molar-refractivity contribution in [2.75, 3.05) is 5.75 Å². The summed E-state index contributed by atoms with van der Waals surface area (Å²) in [5, 5.41) is 24.2. The quantitative estimate of drug-likeness (QED) is 0.244. The number of nitrogens with one attached hydrogen (secondary N) is 1. The summed E-state index contributed by atoms with van der Waals surface area (Å²) in [6.45, 7) is 5.42.